The van der Waals surface area contributed by atoms with E-state index in [2.05, 4.69) is 0 Å². The molecular weight excluding hydrogens is 363 g/mol. The summed E-state index contributed by atoms with van der Waals surface area (Å²) >= 11 is 0. The summed E-state index contributed by atoms with van der Waals surface area (Å²) in [6.07, 6.45) is 0.902. The number of hydrogen-bond donors (Lipinski definition) is 1. The third kappa shape index (κ3) is 4.03. The molecule has 0 saturated carbocycles. The van der Waals surface area contributed by atoms with Crippen LogP contribution < -0.4 is 0 Å². The monoisotopic (exact) mass is 384 g/mol. The van der Waals surface area contributed by atoms with E-state index in [0.29, 0.717) is 18.7 Å². The van der Waals surface area contributed by atoms with Crippen LogP contribution in [-0.4, -0.2) is 58.9 Å². The van der Waals surface area contributed by atoms with Crippen LogP contribution in [-0.2, 0) is 6.42 Å². The number of rotatable bonds is 4. The van der Waals surface area contributed by atoms with Crippen LogP contribution in [0.5, 0.6) is 0 Å². The number of benzene rings is 2. The first-order valence-electron chi connectivity index (χ1n) is 9.11. The van der Waals surface area contributed by atoms with Crippen molar-refractivity contribution in [2.75, 3.05) is 26.2 Å². The Morgan fingerprint density at radius 1 is 0.893 bits per heavy atom. The SMILES string of the molecule is CCc1ccc(C(=O)N2CCN(C(=O)c3ccc(C(=O)O)cc3F)CC2)cc1. The Kier molecular flexibility index (Phi) is 5.73. The van der Waals surface area contributed by atoms with Crippen molar-refractivity contribution in [1.82, 2.24) is 9.80 Å². The molecule has 1 aliphatic heterocycles. The Labute approximate surface area is 162 Å². The minimum Gasteiger partial charge on any atom is -0.478 e. The number of nitrogens with zero attached hydrogens (tertiary/aromatic N) is 2. The summed E-state index contributed by atoms with van der Waals surface area (Å²) in [5.41, 5.74) is 1.38. The second kappa shape index (κ2) is 8.21. The minimum atomic E-state index is -1.25. The van der Waals surface area contributed by atoms with Crippen molar-refractivity contribution in [2.24, 2.45) is 0 Å². The van der Waals surface area contributed by atoms with Crippen molar-refractivity contribution in [3.05, 3.63) is 70.5 Å². The average Bonchev–Trinajstić information content (AvgIpc) is 2.72. The van der Waals surface area contributed by atoms with Gasteiger partial charge >= 0.3 is 5.97 Å². The van der Waals surface area contributed by atoms with E-state index in [-0.39, 0.29) is 30.1 Å². The highest BCUT2D eigenvalue weighted by Crippen LogP contribution is 2.16. The Balaban J connectivity index is 1.63. The molecule has 0 atom stereocenters. The largest absolute Gasteiger partial charge is 0.478 e. The lowest BCUT2D eigenvalue weighted by Gasteiger charge is -2.35. The lowest BCUT2D eigenvalue weighted by Crippen LogP contribution is -2.50. The molecule has 0 unspecified atom stereocenters. The van der Waals surface area contributed by atoms with Crippen LogP contribution in [0.25, 0.3) is 0 Å². The molecule has 2 aromatic rings. The smallest absolute Gasteiger partial charge is 0.335 e. The van der Waals surface area contributed by atoms with Gasteiger partial charge in [0.2, 0.25) is 0 Å². The fourth-order valence-electron chi connectivity index (χ4n) is 3.17. The summed E-state index contributed by atoms with van der Waals surface area (Å²) in [6.45, 7) is 3.34. The molecule has 1 N–H and O–H groups in total. The van der Waals surface area contributed by atoms with Gasteiger partial charge in [0.25, 0.3) is 11.8 Å². The molecule has 1 saturated heterocycles. The number of carboxylic acids is 1. The normalized spacial score (nSPS) is 14.1. The van der Waals surface area contributed by atoms with Gasteiger partial charge in [0, 0.05) is 31.7 Å². The predicted octanol–water partition coefficient (Wildman–Crippen LogP) is 2.68. The van der Waals surface area contributed by atoms with Crippen molar-refractivity contribution < 1.29 is 23.9 Å². The third-order valence-corrected chi connectivity index (χ3v) is 4.91. The molecule has 146 valence electrons. The second-order valence-electron chi connectivity index (χ2n) is 6.63. The van der Waals surface area contributed by atoms with Crippen LogP contribution in [0.2, 0.25) is 0 Å². The summed E-state index contributed by atoms with van der Waals surface area (Å²) in [7, 11) is 0. The van der Waals surface area contributed by atoms with Gasteiger partial charge in [-0.05, 0) is 42.3 Å². The van der Waals surface area contributed by atoms with Gasteiger partial charge < -0.3 is 14.9 Å². The molecule has 3 rings (SSSR count). The van der Waals surface area contributed by atoms with Crippen LogP contribution in [0.15, 0.2) is 42.5 Å². The number of aryl methyl sites for hydroxylation is 1. The van der Waals surface area contributed by atoms with E-state index >= 15 is 0 Å². The molecule has 0 bridgehead atoms. The second-order valence-corrected chi connectivity index (χ2v) is 6.63. The Morgan fingerprint density at radius 2 is 1.43 bits per heavy atom. The first-order valence-corrected chi connectivity index (χ1v) is 9.11. The van der Waals surface area contributed by atoms with E-state index in [4.69, 9.17) is 5.11 Å². The molecule has 1 fully saturated rings. The first-order chi connectivity index (χ1) is 13.4. The molecular formula is C21H21FN2O4. The highest BCUT2D eigenvalue weighted by molar-refractivity contribution is 5.97. The number of carboxylic acid groups (broad SMARTS) is 1. The zero-order chi connectivity index (χ0) is 20.3. The predicted molar refractivity (Wildman–Crippen MR) is 101 cm³/mol. The molecule has 28 heavy (non-hydrogen) atoms. The van der Waals surface area contributed by atoms with Crippen LogP contribution in [0.1, 0.15) is 43.6 Å². The third-order valence-electron chi connectivity index (χ3n) is 4.91. The molecule has 0 aliphatic carbocycles. The number of piperazine rings is 1. The highest BCUT2D eigenvalue weighted by atomic mass is 19.1. The highest BCUT2D eigenvalue weighted by Gasteiger charge is 2.27. The standard InChI is InChI=1S/C21H21FN2O4/c1-2-14-3-5-15(6-4-14)19(25)23-9-11-24(12-10-23)20(26)17-8-7-16(21(27)28)13-18(17)22/h3-8,13H,2,9-12H2,1H3,(H,27,28). The lowest BCUT2D eigenvalue weighted by molar-refractivity contribution is 0.0532. The van der Waals surface area contributed by atoms with Crippen LogP contribution in [0.3, 0.4) is 0 Å². The van der Waals surface area contributed by atoms with E-state index in [1.807, 2.05) is 19.1 Å². The number of carbonyl (C=O) groups excluding carboxylic acids is 2. The van der Waals surface area contributed by atoms with Crippen LogP contribution in [0, 0.1) is 5.82 Å². The summed E-state index contributed by atoms with van der Waals surface area (Å²) in [4.78, 5) is 39.2. The maximum atomic E-state index is 14.1. The van der Waals surface area contributed by atoms with E-state index < -0.39 is 17.7 Å². The number of halogens is 1. The fourth-order valence-corrected chi connectivity index (χ4v) is 3.17. The quantitative estimate of drug-likeness (QED) is 0.879. The molecule has 6 nitrogen and oxygen atoms in total. The van der Waals surface area contributed by atoms with Crippen molar-refractivity contribution >= 4 is 17.8 Å². The zero-order valence-electron chi connectivity index (χ0n) is 15.5. The van der Waals surface area contributed by atoms with Crippen molar-refractivity contribution in [1.29, 1.82) is 0 Å². The molecule has 1 aliphatic rings. The van der Waals surface area contributed by atoms with Crippen LogP contribution >= 0.6 is 0 Å². The fraction of sp³-hybridized carbons (Fsp3) is 0.286. The molecule has 1 heterocycles. The van der Waals surface area contributed by atoms with Crippen molar-refractivity contribution in [3.63, 3.8) is 0 Å². The lowest BCUT2D eigenvalue weighted by atomic mass is 10.1. The van der Waals surface area contributed by atoms with E-state index in [0.717, 1.165) is 18.1 Å². The van der Waals surface area contributed by atoms with Gasteiger partial charge in [-0.3, -0.25) is 9.59 Å². The molecule has 2 aromatic carbocycles. The van der Waals surface area contributed by atoms with E-state index in [1.165, 1.54) is 17.0 Å². The van der Waals surface area contributed by atoms with Crippen molar-refractivity contribution in [2.45, 2.75) is 13.3 Å². The topological polar surface area (TPSA) is 77.9 Å². The average molecular weight is 384 g/mol. The molecule has 0 aromatic heterocycles. The Morgan fingerprint density at radius 3 is 1.93 bits per heavy atom. The van der Waals surface area contributed by atoms with Gasteiger partial charge in [-0.1, -0.05) is 19.1 Å². The van der Waals surface area contributed by atoms with Crippen LogP contribution in [0.4, 0.5) is 4.39 Å². The maximum absolute atomic E-state index is 14.1. The number of aromatic carboxylic acids is 1. The summed E-state index contributed by atoms with van der Waals surface area (Å²) in [6, 6.07) is 10.7. The first kappa shape index (κ1) is 19.5. The maximum Gasteiger partial charge on any atom is 0.335 e. The molecule has 0 spiro atoms. The van der Waals surface area contributed by atoms with E-state index in [1.54, 1.807) is 17.0 Å². The number of amides is 2. The summed E-state index contributed by atoms with van der Waals surface area (Å²) < 4.78 is 14.1. The number of carbonyl (C=O) groups is 3. The summed E-state index contributed by atoms with van der Waals surface area (Å²) in [5.74, 6) is -2.71. The number of hydrogen-bond acceptors (Lipinski definition) is 3. The minimum absolute atomic E-state index is 0.0910. The van der Waals surface area contributed by atoms with Gasteiger partial charge in [-0.2, -0.15) is 0 Å². The van der Waals surface area contributed by atoms with Gasteiger partial charge in [-0.15, -0.1) is 0 Å². The van der Waals surface area contributed by atoms with Gasteiger partial charge in [0.05, 0.1) is 11.1 Å². The molecule has 0 radical (unpaired) electrons. The Hall–Kier alpha value is -3.22. The van der Waals surface area contributed by atoms with E-state index in [9.17, 15) is 18.8 Å². The van der Waals surface area contributed by atoms with Gasteiger partial charge in [-0.25, -0.2) is 9.18 Å². The zero-order valence-corrected chi connectivity index (χ0v) is 15.5. The van der Waals surface area contributed by atoms with Crippen molar-refractivity contribution in [3.8, 4) is 0 Å². The molecule has 2 amide bonds. The van der Waals surface area contributed by atoms with Gasteiger partial charge in [0.1, 0.15) is 5.82 Å². The molecule has 7 heteroatoms. The summed E-state index contributed by atoms with van der Waals surface area (Å²) in [5, 5.41) is 8.89. The Bertz CT molecular complexity index is 903. The van der Waals surface area contributed by atoms with Gasteiger partial charge in [0.15, 0.2) is 0 Å².